The summed E-state index contributed by atoms with van der Waals surface area (Å²) in [6.45, 7) is 12.3. The van der Waals surface area contributed by atoms with Crippen molar-refractivity contribution >= 4 is 11.6 Å². The number of carbonyl (C=O) groups is 1. The van der Waals surface area contributed by atoms with Crippen molar-refractivity contribution < 1.29 is 14.6 Å². The van der Waals surface area contributed by atoms with Crippen LogP contribution in [0.1, 0.15) is 22.3 Å². The Labute approximate surface area is 156 Å². The van der Waals surface area contributed by atoms with Crippen molar-refractivity contribution in [3.8, 4) is 0 Å². The van der Waals surface area contributed by atoms with Crippen molar-refractivity contribution in [2.24, 2.45) is 0 Å². The van der Waals surface area contributed by atoms with E-state index in [4.69, 9.17) is 0 Å². The Morgan fingerprint density at radius 2 is 1.62 bits per heavy atom. The average Bonchev–Trinajstić information content (AvgIpc) is 2.59. The van der Waals surface area contributed by atoms with Gasteiger partial charge in [0.15, 0.2) is 6.54 Å². The monoisotopic (exact) mass is 353 g/mol. The van der Waals surface area contributed by atoms with E-state index in [0.717, 1.165) is 44.0 Å². The predicted octanol–water partition coefficient (Wildman–Crippen LogP) is 0.534. The van der Waals surface area contributed by atoms with Gasteiger partial charge >= 0.3 is 0 Å². The van der Waals surface area contributed by atoms with E-state index in [0.29, 0.717) is 6.54 Å². The van der Waals surface area contributed by atoms with Gasteiger partial charge in [0.1, 0.15) is 32.7 Å². The summed E-state index contributed by atoms with van der Waals surface area (Å²) in [6, 6.07) is 14.9. The molecule has 1 saturated heterocycles. The molecule has 1 aliphatic rings. The topological polar surface area (TPSA) is 38.0 Å². The van der Waals surface area contributed by atoms with Gasteiger partial charge in [-0.15, -0.1) is 0 Å². The summed E-state index contributed by atoms with van der Waals surface area (Å²) in [4.78, 5) is 15.4. The molecule has 0 radical (unpaired) electrons. The quantitative estimate of drug-likeness (QED) is 0.721. The average molecular weight is 354 g/mol. The van der Waals surface area contributed by atoms with Crippen LogP contribution in [0, 0.1) is 20.8 Å². The first-order chi connectivity index (χ1) is 12.5. The first-order valence-corrected chi connectivity index (χ1v) is 9.59. The number of piperazine rings is 1. The minimum absolute atomic E-state index is 0.120. The van der Waals surface area contributed by atoms with Gasteiger partial charge in [-0.3, -0.25) is 4.79 Å². The largest absolute Gasteiger partial charge is 0.322 e. The van der Waals surface area contributed by atoms with Crippen LogP contribution in [-0.2, 0) is 11.3 Å². The van der Waals surface area contributed by atoms with Crippen LogP contribution in [0.15, 0.2) is 42.5 Å². The second-order valence-electron chi connectivity index (χ2n) is 7.71. The fourth-order valence-corrected chi connectivity index (χ4v) is 3.80. The van der Waals surface area contributed by atoms with Crippen LogP contribution >= 0.6 is 0 Å². The Bertz CT molecular complexity index is 764. The normalized spacial score (nSPS) is 20.0. The zero-order valence-corrected chi connectivity index (χ0v) is 16.2. The second-order valence-corrected chi connectivity index (χ2v) is 7.71. The van der Waals surface area contributed by atoms with Crippen LogP contribution in [0.2, 0.25) is 0 Å². The third-order valence-electron chi connectivity index (χ3n) is 5.27. The molecule has 2 aromatic carbocycles. The highest BCUT2D eigenvalue weighted by atomic mass is 16.2. The van der Waals surface area contributed by atoms with Crippen LogP contribution < -0.4 is 15.1 Å². The summed E-state index contributed by atoms with van der Waals surface area (Å²) in [5.41, 5.74) is 6.02. The van der Waals surface area contributed by atoms with E-state index >= 15 is 0 Å². The minimum Gasteiger partial charge on any atom is -0.322 e. The molecule has 26 heavy (non-hydrogen) atoms. The van der Waals surface area contributed by atoms with Crippen LogP contribution in [0.5, 0.6) is 0 Å². The molecule has 0 saturated carbocycles. The Hall–Kier alpha value is -2.17. The molecule has 0 bridgehead atoms. The first-order valence-electron chi connectivity index (χ1n) is 9.59. The summed E-state index contributed by atoms with van der Waals surface area (Å²) in [6.07, 6.45) is 0. The van der Waals surface area contributed by atoms with Crippen LogP contribution in [0.3, 0.4) is 0 Å². The van der Waals surface area contributed by atoms with Gasteiger partial charge in [0.25, 0.3) is 5.91 Å². The summed E-state index contributed by atoms with van der Waals surface area (Å²) in [5.74, 6) is 0.120. The van der Waals surface area contributed by atoms with Gasteiger partial charge in [-0.25, -0.2) is 0 Å². The summed E-state index contributed by atoms with van der Waals surface area (Å²) >= 11 is 0. The van der Waals surface area contributed by atoms with E-state index in [1.165, 1.54) is 21.6 Å². The molecule has 3 rings (SSSR count). The molecule has 1 amide bonds. The van der Waals surface area contributed by atoms with E-state index in [-0.39, 0.29) is 5.91 Å². The fraction of sp³-hybridized carbons (Fsp3) is 0.409. The number of amides is 1. The van der Waals surface area contributed by atoms with Gasteiger partial charge in [0, 0.05) is 11.3 Å². The van der Waals surface area contributed by atoms with Crippen molar-refractivity contribution in [2.75, 3.05) is 38.0 Å². The number of anilines is 1. The van der Waals surface area contributed by atoms with Crippen LogP contribution in [-0.4, -0.2) is 38.6 Å². The molecule has 1 aliphatic heterocycles. The molecule has 0 aliphatic carbocycles. The standard InChI is InChI=1S/C22H29N3O/c1-17-5-4-6-20(14-17)15-24-9-11-25(12-10-24)16-22(26)23-21-8-7-18(2)13-19(21)3/h4-8,13-14H,9-12,15-16H2,1-3H3,(H,23,26)/p+2. The summed E-state index contributed by atoms with van der Waals surface area (Å²) < 4.78 is 0. The zero-order valence-electron chi connectivity index (χ0n) is 16.2. The Morgan fingerprint density at radius 3 is 2.31 bits per heavy atom. The molecule has 138 valence electrons. The Kier molecular flexibility index (Phi) is 6.07. The van der Waals surface area contributed by atoms with E-state index < -0.39 is 0 Å². The number of hydrogen-bond donors (Lipinski definition) is 3. The van der Waals surface area contributed by atoms with Gasteiger partial charge in [0.2, 0.25) is 0 Å². The summed E-state index contributed by atoms with van der Waals surface area (Å²) in [5, 5.41) is 3.08. The van der Waals surface area contributed by atoms with Crippen molar-refractivity contribution in [1.29, 1.82) is 0 Å². The molecule has 1 heterocycles. The van der Waals surface area contributed by atoms with Gasteiger partial charge < -0.3 is 15.1 Å². The highest BCUT2D eigenvalue weighted by molar-refractivity contribution is 5.92. The lowest BCUT2D eigenvalue weighted by molar-refractivity contribution is -1.02. The van der Waals surface area contributed by atoms with Gasteiger partial charge in [0.05, 0.1) is 0 Å². The summed E-state index contributed by atoms with van der Waals surface area (Å²) in [7, 11) is 0. The minimum atomic E-state index is 0.120. The lowest BCUT2D eigenvalue weighted by Gasteiger charge is -2.29. The fourth-order valence-electron chi connectivity index (χ4n) is 3.80. The maximum atomic E-state index is 12.4. The molecule has 2 aromatic rings. The molecular weight excluding hydrogens is 322 g/mol. The zero-order chi connectivity index (χ0) is 18.5. The van der Waals surface area contributed by atoms with E-state index in [1.807, 2.05) is 19.1 Å². The SMILES string of the molecule is Cc1cccc(C[NH+]2CC[NH+](CC(=O)Nc3ccc(C)cc3C)CC2)c1. The predicted molar refractivity (Wildman–Crippen MR) is 106 cm³/mol. The van der Waals surface area contributed by atoms with Crippen LogP contribution in [0.25, 0.3) is 0 Å². The van der Waals surface area contributed by atoms with E-state index in [9.17, 15) is 4.79 Å². The van der Waals surface area contributed by atoms with E-state index in [1.54, 1.807) is 4.90 Å². The number of hydrogen-bond acceptors (Lipinski definition) is 1. The smallest absolute Gasteiger partial charge is 0.279 e. The number of quaternary nitrogens is 2. The van der Waals surface area contributed by atoms with E-state index in [2.05, 4.69) is 49.5 Å². The molecule has 0 atom stereocenters. The maximum Gasteiger partial charge on any atom is 0.279 e. The molecule has 3 N–H and O–H groups in total. The number of nitrogens with one attached hydrogen (secondary N) is 3. The van der Waals surface area contributed by atoms with Crippen molar-refractivity contribution in [2.45, 2.75) is 27.3 Å². The lowest BCUT2D eigenvalue weighted by Crippen LogP contribution is -3.28. The van der Waals surface area contributed by atoms with Crippen LogP contribution in [0.4, 0.5) is 5.69 Å². The molecule has 0 aromatic heterocycles. The van der Waals surface area contributed by atoms with Gasteiger partial charge in [-0.05, 0) is 32.4 Å². The van der Waals surface area contributed by atoms with Gasteiger partial charge in [-0.2, -0.15) is 0 Å². The highest BCUT2D eigenvalue weighted by Gasteiger charge is 2.25. The Balaban J connectivity index is 1.45. The molecule has 1 fully saturated rings. The Morgan fingerprint density at radius 1 is 0.923 bits per heavy atom. The van der Waals surface area contributed by atoms with Crippen molar-refractivity contribution in [3.05, 3.63) is 64.7 Å². The number of rotatable bonds is 5. The number of benzene rings is 2. The molecular formula is C22H31N3O+2. The number of aryl methyl sites for hydroxylation is 3. The third kappa shape index (κ3) is 5.16. The molecule has 4 nitrogen and oxygen atoms in total. The second kappa shape index (κ2) is 8.47. The van der Waals surface area contributed by atoms with Crippen molar-refractivity contribution in [3.63, 3.8) is 0 Å². The highest BCUT2D eigenvalue weighted by Crippen LogP contribution is 2.15. The van der Waals surface area contributed by atoms with Gasteiger partial charge in [-0.1, -0.05) is 47.5 Å². The first kappa shape index (κ1) is 18.6. The molecule has 0 spiro atoms. The number of carbonyl (C=O) groups excluding carboxylic acids is 1. The third-order valence-corrected chi connectivity index (χ3v) is 5.27. The molecule has 0 unspecified atom stereocenters. The molecule has 4 heteroatoms. The maximum absolute atomic E-state index is 12.4. The van der Waals surface area contributed by atoms with Crippen molar-refractivity contribution in [1.82, 2.24) is 0 Å². The lowest BCUT2D eigenvalue weighted by atomic mass is 10.1.